The Balaban J connectivity index is 3.17. The molecule has 0 radical (unpaired) electrons. The normalized spacial score (nSPS) is 23.4. The van der Waals surface area contributed by atoms with Crippen molar-refractivity contribution in [2.24, 2.45) is 5.41 Å². The van der Waals surface area contributed by atoms with Gasteiger partial charge in [0, 0.05) is 5.41 Å². The van der Waals surface area contributed by atoms with E-state index in [1.807, 2.05) is 0 Å². The molecule has 3 heteroatoms. The molecule has 2 nitrogen and oxygen atoms in total. The van der Waals surface area contributed by atoms with E-state index in [0.29, 0.717) is 16.6 Å². The summed E-state index contributed by atoms with van der Waals surface area (Å²) in [5, 5.41) is 10.3. The van der Waals surface area contributed by atoms with Crippen LogP contribution in [0.3, 0.4) is 0 Å². The summed E-state index contributed by atoms with van der Waals surface area (Å²) >= 11 is 0. The molecule has 0 aromatic rings. The second-order valence-electron chi connectivity index (χ2n) is 7.80. The molecular weight excluding hydrogens is 264 g/mol. The van der Waals surface area contributed by atoms with Crippen LogP contribution in [0.1, 0.15) is 68.2 Å². The highest BCUT2D eigenvalue weighted by Crippen LogP contribution is 2.48. The van der Waals surface area contributed by atoms with E-state index in [0.717, 1.165) is 18.6 Å². The van der Waals surface area contributed by atoms with E-state index in [1.54, 1.807) is 0 Å². The number of hydrogen-bond donors (Lipinski definition) is 1. The van der Waals surface area contributed by atoms with Crippen molar-refractivity contribution in [2.75, 3.05) is 0 Å². The third kappa shape index (κ3) is 2.99. The van der Waals surface area contributed by atoms with Gasteiger partial charge in [0.25, 0.3) is 8.32 Å². The second-order valence-corrected chi connectivity index (χ2v) is 13.2. The number of allylic oxidation sites excluding steroid dienone is 1. The Bertz CT molecular complexity index is 334. The standard InChI is InChI=1S/C17H34O2Si/c1-12(2)20(13(3)4,14(5)6)19-16-11-9-10-15(18)17(16,7)8/h11-15,18H,9-10H2,1-8H3/t15-/m0/s1. The van der Waals surface area contributed by atoms with Gasteiger partial charge in [-0.25, -0.2) is 0 Å². The van der Waals surface area contributed by atoms with Crippen LogP contribution in [-0.2, 0) is 4.43 Å². The van der Waals surface area contributed by atoms with Crippen LogP contribution in [0.25, 0.3) is 0 Å². The van der Waals surface area contributed by atoms with Gasteiger partial charge >= 0.3 is 0 Å². The molecule has 118 valence electrons. The molecule has 0 bridgehead atoms. The maximum atomic E-state index is 10.3. The van der Waals surface area contributed by atoms with Gasteiger partial charge in [-0.15, -0.1) is 0 Å². The van der Waals surface area contributed by atoms with Crippen LogP contribution in [-0.4, -0.2) is 19.5 Å². The lowest BCUT2D eigenvalue weighted by atomic mass is 9.78. The minimum absolute atomic E-state index is 0.255. The Labute approximate surface area is 126 Å². The molecular formula is C17H34O2Si. The number of hydrogen-bond acceptors (Lipinski definition) is 2. The van der Waals surface area contributed by atoms with Crippen molar-refractivity contribution in [3.8, 4) is 0 Å². The van der Waals surface area contributed by atoms with Gasteiger partial charge in [0.15, 0.2) is 0 Å². The van der Waals surface area contributed by atoms with Crippen LogP contribution >= 0.6 is 0 Å². The molecule has 20 heavy (non-hydrogen) atoms. The van der Waals surface area contributed by atoms with Crippen molar-refractivity contribution < 1.29 is 9.53 Å². The molecule has 1 aliphatic rings. The molecule has 0 saturated heterocycles. The van der Waals surface area contributed by atoms with Crippen molar-refractivity contribution >= 4 is 8.32 Å². The van der Waals surface area contributed by atoms with Crippen LogP contribution in [0.4, 0.5) is 0 Å². The molecule has 1 atom stereocenters. The molecule has 0 spiro atoms. The van der Waals surface area contributed by atoms with Crippen molar-refractivity contribution in [3.63, 3.8) is 0 Å². The Morgan fingerprint density at radius 3 is 1.95 bits per heavy atom. The van der Waals surface area contributed by atoms with E-state index in [1.165, 1.54) is 0 Å². The third-order valence-electron chi connectivity index (χ3n) is 5.23. The summed E-state index contributed by atoms with van der Waals surface area (Å²) in [5.74, 6) is 1.04. The first kappa shape index (κ1) is 17.8. The molecule has 0 aliphatic heterocycles. The van der Waals surface area contributed by atoms with Crippen LogP contribution < -0.4 is 0 Å². The Kier molecular flexibility index (Phi) is 5.53. The zero-order valence-corrected chi connectivity index (χ0v) is 15.7. The molecule has 1 N–H and O–H groups in total. The molecule has 0 aromatic carbocycles. The highest BCUT2D eigenvalue weighted by molar-refractivity contribution is 6.77. The number of rotatable bonds is 5. The summed E-state index contributed by atoms with van der Waals surface area (Å²) in [4.78, 5) is 0. The Morgan fingerprint density at radius 1 is 1.10 bits per heavy atom. The lowest BCUT2D eigenvalue weighted by Gasteiger charge is -2.47. The fraction of sp³-hybridized carbons (Fsp3) is 0.882. The summed E-state index contributed by atoms with van der Waals surface area (Å²) in [6.07, 6.45) is 3.71. The Morgan fingerprint density at radius 2 is 1.55 bits per heavy atom. The molecule has 0 heterocycles. The van der Waals surface area contributed by atoms with Crippen molar-refractivity contribution in [1.82, 2.24) is 0 Å². The second kappa shape index (κ2) is 6.23. The van der Waals surface area contributed by atoms with Gasteiger partial charge in [-0.05, 0) is 35.5 Å². The SMILES string of the molecule is CC(C)[Si](OC1=CCC[C@H](O)C1(C)C)(C(C)C)C(C)C. The van der Waals surface area contributed by atoms with Gasteiger partial charge < -0.3 is 9.53 Å². The number of aliphatic hydroxyl groups excluding tert-OH is 1. The Hall–Kier alpha value is -0.283. The molecule has 0 saturated carbocycles. The van der Waals surface area contributed by atoms with Gasteiger partial charge in [0.2, 0.25) is 0 Å². The van der Waals surface area contributed by atoms with Crippen LogP contribution in [0.2, 0.25) is 16.6 Å². The third-order valence-corrected chi connectivity index (χ3v) is 11.2. The van der Waals surface area contributed by atoms with E-state index < -0.39 is 8.32 Å². The zero-order valence-electron chi connectivity index (χ0n) is 14.7. The predicted molar refractivity (Wildman–Crippen MR) is 89.2 cm³/mol. The minimum atomic E-state index is -1.91. The lowest BCUT2D eigenvalue weighted by Crippen LogP contribution is -2.50. The van der Waals surface area contributed by atoms with Gasteiger partial charge in [-0.3, -0.25) is 0 Å². The van der Waals surface area contributed by atoms with Crippen LogP contribution in [0.5, 0.6) is 0 Å². The fourth-order valence-electron chi connectivity index (χ4n) is 3.88. The summed E-state index contributed by atoms with van der Waals surface area (Å²) < 4.78 is 6.79. The monoisotopic (exact) mass is 298 g/mol. The van der Waals surface area contributed by atoms with E-state index in [9.17, 15) is 5.11 Å². The highest BCUT2D eigenvalue weighted by Gasteiger charge is 2.49. The summed E-state index contributed by atoms with van der Waals surface area (Å²) in [5.41, 5.74) is 1.45. The molecule has 0 aromatic heterocycles. The van der Waals surface area contributed by atoms with Crippen molar-refractivity contribution in [3.05, 3.63) is 11.8 Å². The molecule has 0 amide bonds. The van der Waals surface area contributed by atoms with Gasteiger partial charge in [0.1, 0.15) is 0 Å². The van der Waals surface area contributed by atoms with Gasteiger partial charge in [-0.1, -0.05) is 55.4 Å². The van der Waals surface area contributed by atoms with Gasteiger partial charge in [-0.2, -0.15) is 0 Å². The van der Waals surface area contributed by atoms with E-state index in [2.05, 4.69) is 61.5 Å². The molecule has 1 rings (SSSR count). The smallest absolute Gasteiger partial charge is 0.258 e. The quantitative estimate of drug-likeness (QED) is 0.703. The largest absolute Gasteiger partial charge is 0.545 e. The van der Waals surface area contributed by atoms with Crippen molar-refractivity contribution in [1.29, 1.82) is 0 Å². The highest BCUT2D eigenvalue weighted by atomic mass is 28.4. The van der Waals surface area contributed by atoms with E-state index in [-0.39, 0.29) is 11.5 Å². The average molecular weight is 299 g/mol. The lowest BCUT2D eigenvalue weighted by molar-refractivity contribution is 0.0325. The first-order valence-electron chi connectivity index (χ1n) is 8.14. The molecule has 1 aliphatic carbocycles. The van der Waals surface area contributed by atoms with Crippen LogP contribution in [0.15, 0.2) is 11.8 Å². The fourth-order valence-corrected chi connectivity index (χ4v) is 9.31. The minimum Gasteiger partial charge on any atom is -0.545 e. The summed E-state index contributed by atoms with van der Waals surface area (Å²) in [7, 11) is -1.91. The summed E-state index contributed by atoms with van der Waals surface area (Å²) in [6.45, 7) is 18.1. The molecule has 0 fully saturated rings. The van der Waals surface area contributed by atoms with Gasteiger partial charge in [0.05, 0.1) is 11.9 Å². The van der Waals surface area contributed by atoms with E-state index >= 15 is 0 Å². The zero-order chi connectivity index (χ0) is 15.7. The van der Waals surface area contributed by atoms with E-state index in [4.69, 9.17) is 4.43 Å². The average Bonchev–Trinajstić information content (AvgIpc) is 2.29. The first-order chi connectivity index (χ1) is 9.06. The number of aliphatic hydroxyl groups is 1. The first-order valence-corrected chi connectivity index (χ1v) is 10.3. The summed E-state index contributed by atoms with van der Waals surface area (Å²) in [6, 6.07) is 0. The maximum Gasteiger partial charge on any atom is 0.258 e. The topological polar surface area (TPSA) is 29.5 Å². The maximum absolute atomic E-state index is 10.3. The molecule has 0 unspecified atom stereocenters. The predicted octanol–water partition coefficient (Wildman–Crippen LogP) is 5.24. The van der Waals surface area contributed by atoms with Crippen LogP contribution in [0, 0.1) is 5.41 Å². The van der Waals surface area contributed by atoms with Crippen molar-refractivity contribution in [2.45, 2.75) is 91.0 Å².